The van der Waals surface area contributed by atoms with Gasteiger partial charge >= 0.3 is 5.97 Å². The van der Waals surface area contributed by atoms with Gasteiger partial charge in [0.1, 0.15) is 18.2 Å². The highest BCUT2D eigenvalue weighted by Gasteiger charge is 2.57. The van der Waals surface area contributed by atoms with Crippen molar-refractivity contribution in [3.63, 3.8) is 0 Å². The van der Waals surface area contributed by atoms with E-state index >= 15 is 0 Å². The van der Waals surface area contributed by atoms with E-state index in [-0.39, 0.29) is 48.4 Å². The third-order valence-corrected chi connectivity index (χ3v) is 15.3. The maximum atomic E-state index is 14.5. The van der Waals surface area contributed by atoms with E-state index in [2.05, 4.69) is 13.0 Å². The highest BCUT2D eigenvalue weighted by atomic mass is 16.6. The molecule has 0 radical (unpaired) electrons. The van der Waals surface area contributed by atoms with Gasteiger partial charge in [-0.05, 0) is 107 Å². The number of piperidine rings is 1. The molecule has 4 aliphatic heterocycles. The Balaban J connectivity index is 1.49. The standard InChI is InChI=1S/C51H77NO13/c1-29-14-11-10-12-15-30(2)41(61-7)27-36-21-19-34(6)51(60,65-36)48(57)49(58)52-23-13-16-37-38(25-35-20-22-39(53)43(26-35)62-8)42(64-50(59)44(37)52)28-40(54)32(4)24-33(5)46(56)47(63-9)45(55)31(3)18-17-29/h10-12,14-15,24,29,31,33-39,41-44,46-47,53,56,60H,13,16-23,25-28H2,1-9H3/t29-,31-,33?,34-,35+,36+,37?,38+,39-,41+,42+,43-,44+,46-,47+,51-/m1/s1. The van der Waals surface area contributed by atoms with Crippen LogP contribution in [0.2, 0.25) is 0 Å². The van der Waals surface area contributed by atoms with Crippen molar-refractivity contribution in [2.75, 3.05) is 27.9 Å². The van der Waals surface area contributed by atoms with E-state index in [0.29, 0.717) is 69.8 Å². The monoisotopic (exact) mass is 912 g/mol. The zero-order valence-electron chi connectivity index (χ0n) is 40.2. The van der Waals surface area contributed by atoms with Crippen molar-refractivity contribution in [3.05, 3.63) is 47.6 Å². The molecule has 0 aromatic heterocycles. The molecule has 0 aromatic carbocycles. The van der Waals surface area contributed by atoms with Crippen LogP contribution in [0, 0.1) is 41.4 Å². The first-order valence-corrected chi connectivity index (χ1v) is 24.0. The summed E-state index contributed by atoms with van der Waals surface area (Å²) < 4.78 is 29.4. The van der Waals surface area contributed by atoms with E-state index in [1.807, 2.05) is 38.2 Å². The summed E-state index contributed by atoms with van der Waals surface area (Å²) in [6, 6.07) is -1.13. The van der Waals surface area contributed by atoms with Crippen LogP contribution in [0.5, 0.6) is 0 Å². The number of ketones is 3. The summed E-state index contributed by atoms with van der Waals surface area (Å²) in [6.45, 7) is 11.0. The lowest BCUT2D eigenvalue weighted by Gasteiger charge is -2.50. The number of allylic oxidation sites excluding steroid dienone is 6. The van der Waals surface area contributed by atoms with Gasteiger partial charge in [-0.25, -0.2) is 4.79 Å². The molecule has 2 unspecified atom stereocenters. The molecule has 6 bridgehead atoms. The van der Waals surface area contributed by atoms with E-state index in [1.165, 1.54) is 12.0 Å². The topological polar surface area (TPSA) is 195 Å². The number of rotatable bonds is 5. The summed E-state index contributed by atoms with van der Waals surface area (Å²) in [4.78, 5) is 72.1. The fourth-order valence-electron chi connectivity index (χ4n) is 10.9. The van der Waals surface area contributed by atoms with E-state index in [1.54, 1.807) is 41.1 Å². The summed E-state index contributed by atoms with van der Waals surface area (Å²) in [6.07, 6.45) is 11.9. The number of aliphatic hydroxyl groups excluding tert-OH is 2. The molecule has 364 valence electrons. The molecule has 0 aromatic rings. The van der Waals surface area contributed by atoms with Crippen molar-refractivity contribution >= 4 is 29.2 Å². The fourth-order valence-corrected chi connectivity index (χ4v) is 10.9. The number of amides is 1. The summed E-state index contributed by atoms with van der Waals surface area (Å²) in [5, 5.41) is 34.1. The molecular weight excluding hydrogens is 835 g/mol. The lowest BCUT2D eigenvalue weighted by atomic mass is 9.68. The SMILES string of the molecule is CO[C@H]1C[C@@H]2CC[C@@H](C)[C@@](O)(O2)C(=O)C(=O)N2CCCC3[C@H]2C(=O)O[C@@H](CC(=O)C(C)=CC(C)[C@@H](O)[C@@H](OC)C(=O)[C@H](C)CC[C@H](C)C=CC=CC=C1C)[C@H]3C[C@@H]1CC[C@@H](O)[C@H](OC)C1. The average Bonchev–Trinajstić information content (AvgIpc) is 3.28. The van der Waals surface area contributed by atoms with Gasteiger partial charge in [-0.1, -0.05) is 64.2 Å². The predicted octanol–water partition coefficient (Wildman–Crippen LogP) is 5.79. The second-order valence-electron chi connectivity index (χ2n) is 19.9. The Morgan fingerprint density at radius 2 is 1.58 bits per heavy atom. The fraction of sp³-hybridized carbons (Fsp3) is 0.745. The molecule has 14 nitrogen and oxygen atoms in total. The zero-order valence-corrected chi connectivity index (χ0v) is 40.2. The molecule has 14 heteroatoms. The third kappa shape index (κ3) is 12.6. The van der Waals surface area contributed by atoms with Crippen LogP contribution < -0.4 is 0 Å². The first-order chi connectivity index (χ1) is 30.8. The predicted molar refractivity (Wildman–Crippen MR) is 243 cm³/mol. The highest BCUT2D eigenvalue weighted by molar-refractivity contribution is 6.39. The Bertz CT molecular complexity index is 1810. The molecule has 3 N–H and O–H groups in total. The van der Waals surface area contributed by atoms with Crippen LogP contribution in [0.1, 0.15) is 119 Å². The molecule has 1 aliphatic carbocycles. The van der Waals surface area contributed by atoms with Crippen LogP contribution >= 0.6 is 0 Å². The maximum Gasteiger partial charge on any atom is 0.329 e. The minimum Gasteiger partial charge on any atom is -0.460 e. The van der Waals surface area contributed by atoms with Crippen LogP contribution in [0.3, 0.4) is 0 Å². The normalized spacial score (nSPS) is 40.3. The number of carbonyl (C=O) groups is 5. The average molecular weight is 912 g/mol. The van der Waals surface area contributed by atoms with Gasteiger partial charge in [0.15, 0.2) is 11.6 Å². The molecule has 1 amide bonds. The van der Waals surface area contributed by atoms with Crippen LogP contribution in [0.15, 0.2) is 47.6 Å². The number of aliphatic hydroxyl groups is 3. The summed E-state index contributed by atoms with van der Waals surface area (Å²) in [7, 11) is 4.55. The summed E-state index contributed by atoms with van der Waals surface area (Å²) in [5.41, 5.74) is 1.23. The first kappa shape index (κ1) is 52.6. The summed E-state index contributed by atoms with van der Waals surface area (Å²) >= 11 is 0. The van der Waals surface area contributed by atoms with Crippen molar-refractivity contribution in [1.82, 2.24) is 4.90 Å². The smallest absolute Gasteiger partial charge is 0.329 e. The maximum absolute atomic E-state index is 14.5. The Kier molecular flexibility index (Phi) is 19.1. The first-order valence-electron chi connectivity index (χ1n) is 24.0. The number of carbonyl (C=O) groups excluding carboxylic acids is 5. The van der Waals surface area contributed by atoms with Crippen molar-refractivity contribution < 1.29 is 63.0 Å². The van der Waals surface area contributed by atoms with E-state index in [4.69, 9.17) is 23.7 Å². The third-order valence-electron chi connectivity index (χ3n) is 15.3. The molecule has 16 atom stereocenters. The van der Waals surface area contributed by atoms with Gasteiger partial charge in [0.25, 0.3) is 11.7 Å². The zero-order chi connectivity index (χ0) is 47.7. The number of methoxy groups -OCH3 is 3. The lowest BCUT2D eigenvalue weighted by molar-refractivity contribution is -0.266. The molecule has 0 spiro atoms. The number of ether oxygens (including phenoxy) is 5. The molecule has 4 heterocycles. The van der Waals surface area contributed by atoms with Gasteiger partial charge in [-0.2, -0.15) is 0 Å². The molecule has 1 saturated carbocycles. The number of Topliss-reactive ketones (excluding diaryl/α,β-unsaturated/α-hetero) is 3. The Hall–Kier alpha value is -3.37. The van der Waals surface area contributed by atoms with Crippen LogP contribution in [-0.2, 0) is 47.7 Å². The molecule has 5 rings (SSSR count). The van der Waals surface area contributed by atoms with E-state index < -0.39 is 89.8 Å². The van der Waals surface area contributed by atoms with Crippen LogP contribution in [0.25, 0.3) is 0 Å². The highest BCUT2D eigenvalue weighted by Crippen LogP contribution is 2.45. The quantitative estimate of drug-likeness (QED) is 0.222. The molecule has 5 aliphatic rings. The Morgan fingerprint density at radius 1 is 0.846 bits per heavy atom. The van der Waals surface area contributed by atoms with Crippen LogP contribution in [0.4, 0.5) is 0 Å². The molecule has 4 fully saturated rings. The lowest BCUT2D eigenvalue weighted by Crippen LogP contribution is -2.65. The number of fused-ring (bicyclic) bond motifs is 3. The van der Waals surface area contributed by atoms with Gasteiger partial charge in [0.2, 0.25) is 5.79 Å². The van der Waals surface area contributed by atoms with E-state index in [9.17, 15) is 39.3 Å². The van der Waals surface area contributed by atoms with Gasteiger partial charge in [-0.3, -0.25) is 19.2 Å². The second-order valence-corrected chi connectivity index (χ2v) is 19.9. The number of esters is 1. The van der Waals surface area contributed by atoms with Gasteiger partial charge in [0, 0.05) is 64.4 Å². The largest absolute Gasteiger partial charge is 0.460 e. The van der Waals surface area contributed by atoms with Crippen molar-refractivity contribution in [2.24, 2.45) is 41.4 Å². The van der Waals surface area contributed by atoms with Gasteiger partial charge in [0.05, 0.1) is 30.5 Å². The summed E-state index contributed by atoms with van der Waals surface area (Å²) in [5.74, 6) is -8.20. The second kappa shape index (κ2) is 23.6. The Labute approximate surface area is 386 Å². The molecule has 3 saturated heterocycles. The Morgan fingerprint density at radius 3 is 2.28 bits per heavy atom. The number of nitrogens with zero attached hydrogens (tertiary/aromatic N) is 1. The van der Waals surface area contributed by atoms with Gasteiger partial charge < -0.3 is 43.9 Å². The van der Waals surface area contributed by atoms with Crippen molar-refractivity contribution in [3.8, 4) is 0 Å². The minimum absolute atomic E-state index is 0.0518. The van der Waals surface area contributed by atoms with Crippen LogP contribution in [-0.4, -0.2) is 132 Å². The number of hydrogen-bond donors (Lipinski definition) is 3. The molecule has 65 heavy (non-hydrogen) atoms. The minimum atomic E-state index is -2.43. The van der Waals surface area contributed by atoms with Crippen molar-refractivity contribution in [1.29, 1.82) is 0 Å². The van der Waals surface area contributed by atoms with Gasteiger partial charge in [-0.15, -0.1) is 0 Å². The molecular formula is C51H77NO13. The van der Waals surface area contributed by atoms with Crippen molar-refractivity contribution in [2.45, 2.75) is 173 Å². The van der Waals surface area contributed by atoms with E-state index in [0.717, 1.165) is 12.0 Å². The number of hydrogen-bond acceptors (Lipinski definition) is 13.